The van der Waals surface area contributed by atoms with Gasteiger partial charge in [0.1, 0.15) is 6.04 Å². The molecule has 1 atom stereocenters. The van der Waals surface area contributed by atoms with Crippen molar-refractivity contribution in [1.29, 1.82) is 0 Å². The Morgan fingerprint density at radius 1 is 1.56 bits per heavy atom. The van der Waals surface area contributed by atoms with Crippen molar-refractivity contribution in [2.75, 3.05) is 31.2 Å². The average Bonchev–Trinajstić information content (AvgIpc) is 2.37. The van der Waals surface area contributed by atoms with Crippen LogP contribution in [0.4, 0.5) is 0 Å². The molecular weight excluding hydrogens is 252 g/mol. The van der Waals surface area contributed by atoms with Gasteiger partial charge < -0.3 is 10.1 Å². The third kappa shape index (κ3) is 9.15. The van der Waals surface area contributed by atoms with Crippen LogP contribution in [0.5, 0.6) is 0 Å². The second-order valence-corrected chi connectivity index (χ2v) is 4.95. The van der Waals surface area contributed by atoms with Gasteiger partial charge in [0.05, 0.1) is 6.61 Å². The van der Waals surface area contributed by atoms with Crippen LogP contribution in [0.15, 0.2) is 5.11 Å². The molecule has 0 rings (SSSR count). The van der Waals surface area contributed by atoms with Crippen LogP contribution >= 0.6 is 11.8 Å². The van der Waals surface area contributed by atoms with E-state index in [1.165, 1.54) is 0 Å². The molecule has 0 aliphatic heterocycles. The summed E-state index contributed by atoms with van der Waals surface area (Å²) in [5.74, 6) is 1.79. The van der Waals surface area contributed by atoms with Gasteiger partial charge in [-0.1, -0.05) is 12.0 Å². The van der Waals surface area contributed by atoms with Gasteiger partial charge in [-0.25, -0.2) is 0 Å². The Kier molecular flexibility index (Phi) is 11.9. The number of carbonyl (C=O) groups excluding carboxylic acids is 1. The van der Waals surface area contributed by atoms with Crippen molar-refractivity contribution in [2.24, 2.45) is 5.11 Å². The van der Waals surface area contributed by atoms with Gasteiger partial charge in [0.25, 0.3) is 0 Å². The second-order valence-electron chi connectivity index (χ2n) is 3.55. The lowest BCUT2D eigenvalue weighted by Crippen LogP contribution is -2.39. The molecule has 0 bridgehead atoms. The summed E-state index contributed by atoms with van der Waals surface area (Å²) < 4.78 is 5.02. The van der Waals surface area contributed by atoms with E-state index in [9.17, 15) is 4.79 Å². The van der Waals surface area contributed by atoms with E-state index >= 15 is 0 Å². The van der Waals surface area contributed by atoms with Gasteiger partial charge in [-0.15, -0.1) is 0 Å². The monoisotopic (exact) mass is 274 g/mol. The fourth-order valence-corrected chi connectivity index (χ4v) is 2.05. The minimum absolute atomic E-state index is 0.196. The molecule has 1 N–H and O–H groups in total. The van der Waals surface area contributed by atoms with E-state index in [-0.39, 0.29) is 12.0 Å². The van der Waals surface area contributed by atoms with Crippen LogP contribution in [-0.4, -0.2) is 43.2 Å². The Hall–Kier alpha value is -0.910. The summed E-state index contributed by atoms with van der Waals surface area (Å²) in [4.78, 5) is 14.4. The number of carbonyl (C=O) groups is 1. The van der Waals surface area contributed by atoms with Gasteiger partial charge >= 0.3 is 5.97 Å². The lowest BCUT2D eigenvalue weighted by Gasteiger charge is -2.16. The summed E-state index contributed by atoms with van der Waals surface area (Å²) in [6, 6.07) is -0.255. The van der Waals surface area contributed by atoms with Gasteiger partial charge in [-0.2, -0.15) is 11.8 Å². The first-order valence-corrected chi connectivity index (χ1v) is 7.40. The van der Waals surface area contributed by atoms with E-state index in [4.69, 9.17) is 10.3 Å². The lowest BCUT2D eigenvalue weighted by atomic mass is 10.2. The average molecular weight is 274 g/mol. The zero-order valence-electron chi connectivity index (χ0n) is 11.1. The quantitative estimate of drug-likeness (QED) is 0.206. The molecule has 0 amide bonds. The minimum Gasteiger partial charge on any atom is -0.465 e. The normalized spacial score (nSPS) is 11.7. The van der Waals surface area contributed by atoms with Gasteiger partial charge in [-0.05, 0) is 43.3 Å². The van der Waals surface area contributed by atoms with Crippen LogP contribution in [0.25, 0.3) is 10.4 Å². The van der Waals surface area contributed by atoms with Crippen LogP contribution < -0.4 is 5.32 Å². The molecule has 0 aliphatic rings. The number of azide groups is 1. The maximum absolute atomic E-state index is 11.7. The zero-order chi connectivity index (χ0) is 13.6. The number of rotatable bonds is 11. The Morgan fingerprint density at radius 3 is 2.94 bits per heavy atom. The number of nitrogens with one attached hydrogen (secondary N) is 1. The predicted octanol–water partition coefficient (Wildman–Crippen LogP) is 2.35. The van der Waals surface area contributed by atoms with E-state index in [0.29, 0.717) is 19.7 Å². The van der Waals surface area contributed by atoms with Crippen LogP contribution in [0.1, 0.15) is 26.7 Å². The first-order valence-electron chi connectivity index (χ1n) is 6.24. The highest BCUT2D eigenvalue weighted by Crippen LogP contribution is 2.05. The maximum atomic E-state index is 11.7. The number of hydrogen-bond donors (Lipinski definition) is 1. The summed E-state index contributed by atoms with van der Waals surface area (Å²) in [5, 5.41) is 6.60. The van der Waals surface area contributed by atoms with Crippen LogP contribution in [0, 0.1) is 0 Å². The lowest BCUT2D eigenvalue weighted by molar-refractivity contribution is -0.145. The Morgan fingerprint density at radius 2 is 2.33 bits per heavy atom. The molecule has 7 heteroatoms. The Balaban J connectivity index is 3.95. The molecule has 0 aromatic rings. The molecule has 0 saturated carbocycles. The zero-order valence-corrected chi connectivity index (χ0v) is 11.9. The Bertz CT molecular complexity index is 270. The highest BCUT2D eigenvalue weighted by atomic mass is 32.2. The van der Waals surface area contributed by atoms with E-state index in [2.05, 4.69) is 22.3 Å². The van der Waals surface area contributed by atoms with Crippen molar-refractivity contribution in [3.05, 3.63) is 10.4 Å². The van der Waals surface area contributed by atoms with E-state index in [1.54, 1.807) is 18.7 Å². The molecule has 0 aromatic carbocycles. The fourth-order valence-electron chi connectivity index (χ4n) is 1.36. The molecule has 1 unspecified atom stereocenters. The van der Waals surface area contributed by atoms with E-state index < -0.39 is 0 Å². The number of thioether (sulfide) groups is 1. The van der Waals surface area contributed by atoms with Gasteiger partial charge in [0, 0.05) is 11.5 Å². The second kappa shape index (κ2) is 12.5. The Labute approximate surface area is 112 Å². The highest BCUT2D eigenvalue weighted by molar-refractivity contribution is 7.99. The van der Waals surface area contributed by atoms with Gasteiger partial charge in [0.15, 0.2) is 0 Å². The predicted molar refractivity (Wildman–Crippen MR) is 74.7 cm³/mol. The smallest absolute Gasteiger partial charge is 0.323 e. The van der Waals surface area contributed by atoms with Gasteiger partial charge in [0.2, 0.25) is 0 Å². The SMILES string of the molecule is CCOC(=O)C(CCSCC)NCCCN=[N+]=[N-]. The number of ether oxygens (including phenoxy) is 1. The van der Waals surface area contributed by atoms with Crippen molar-refractivity contribution in [2.45, 2.75) is 32.7 Å². The summed E-state index contributed by atoms with van der Waals surface area (Å²) >= 11 is 1.80. The molecule has 6 nitrogen and oxygen atoms in total. The third-order valence-electron chi connectivity index (χ3n) is 2.21. The molecular formula is C11H22N4O2S. The maximum Gasteiger partial charge on any atom is 0.323 e. The summed E-state index contributed by atoms with van der Waals surface area (Å²) in [6.45, 7) is 5.40. The molecule has 18 heavy (non-hydrogen) atoms. The van der Waals surface area contributed by atoms with Crippen LogP contribution in [-0.2, 0) is 9.53 Å². The summed E-state index contributed by atoms with van der Waals surface area (Å²) in [5.41, 5.74) is 8.14. The number of esters is 1. The summed E-state index contributed by atoms with van der Waals surface area (Å²) in [6.07, 6.45) is 1.49. The van der Waals surface area contributed by atoms with Crippen molar-refractivity contribution in [3.63, 3.8) is 0 Å². The fraction of sp³-hybridized carbons (Fsp3) is 0.909. The van der Waals surface area contributed by atoms with Crippen molar-refractivity contribution in [3.8, 4) is 0 Å². The van der Waals surface area contributed by atoms with Crippen molar-refractivity contribution in [1.82, 2.24) is 5.32 Å². The molecule has 0 aliphatic carbocycles. The number of hydrogen-bond acceptors (Lipinski definition) is 5. The molecule has 0 saturated heterocycles. The van der Waals surface area contributed by atoms with Crippen molar-refractivity contribution < 1.29 is 9.53 Å². The van der Waals surface area contributed by atoms with Crippen LogP contribution in [0.3, 0.4) is 0 Å². The van der Waals surface area contributed by atoms with E-state index in [1.807, 2.05) is 0 Å². The largest absolute Gasteiger partial charge is 0.465 e. The van der Waals surface area contributed by atoms with Crippen LogP contribution in [0.2, 0.25) is 0 Å². The molecule has 0 aromatic heterocycles. The van der Waals surface area contributed by atoms with Crippen molar-refractivity contribution >= 4 is 17.7 Å². The molecule has 0 radical (unpaired) electrons. The summed E-state index contributed by atoms with van der Waals surface area (Å²) in [7, 11) is 0. The van der Waals surface area contributed by atoms with Gasteiger partial charge in [-0.3, -0.25) is 4.79 Å². The third-order valence-corrected chi connectivity index (χ3v) is 3.15. The molecule has 0 fully saturated rings. The molecule has 104 valence electrons. The first-order chi connectivity index (χ1) is 8.76. The molecule has 0 heterocycles. The first kappa shape index (κ1) is 17.1. The molecule has 0 spiro atoms. The minimum atomic E-state index is -0.255. The standard InChI is InChI=1S/C11H22N4O2S/c1-3-17-11(16)10(6-9-18-4-2)13-7-5-8-14-15-12/h10,13H,3-9H2,1-2H3. The highest BCUT2D eigenvalue weighted by Gasteiger charge is 2.18. The topological polar surface area (TPSA) is 87.1 Å². The van der Waals surface area contributed by atoms with E-state index in [0.717, 1.165) is 24.3 Å². The number of nitrogens with zero attached hydrogens (tertiary/aromatic N) is 3.